The van der Waals surface area contributed by atoms with Crippen LogP contribution in [-0.2, 0) is 10.1 Å². The van der Waals surface area contributed by atoms with E-state index in [0.29, 0.717) is 16.9 Å². The third kappa shape index (κ3) is 3.34. The highest BCUT2D eigenvalue weighted by molar-refractivity contribution is 7.85. The molecule has 2 aromatic carbocycles. The number of hydrogen-bond acceptors (Lipinski definition) is 4. The minimum absolute atomic E-state index is 0.233. The van der Waals surface area contributed by atoms with E-state index in [0.717, 1.165) is 0 Å². The second kappa shape index (κ2) is 5.32. The van der Waals surface area contributed by atoms with Crippen molar-refractivity contribution in [3.05, 3.63) is 54.1 Å². The molecule has 20 heavy (non-hydrogen) atoms. The molecular formula is C13H12N2O4S. The maximum absolute atomic E-state index is 11.9. The Kier molecular flexibility index (Phi) is 3.73. The minimum Gasteiger partial charge on any atom is -0.399 e. The third-order valence-corrected chi connectivity index (χ3v) is 3.45. The van der Waals surface area contributed by atoms with Crippen molar-refractivity contribution in [3.8, 4) is 0 Å². The van der Waals surface area contributed by atoms with Gasteiger partial charge in [-0.15, -0.1) is 0 Å². The van der Waals surface area contributed by atoms with Gasteiger partial charge in [0.05, 0.1) is 4.90 Å². The zero-order valence-corrected chi connectivity index (χ0v) is 11.1. The lowest BCUT2D eigenvalue weighted by molar-refractivity contribution is 0.102. The summed E-state index contributed by atoms with van der Waals surface area (Å²) in [5.41, 5.74) is 6.92. The molecule has 0 saturated carbocycles. The Bertz CT molecular complexity index is 722. The summed E-state index contributed by atoms with van der Waals surface area (Å²) in [5.74, 6) is -0.343. The lowest BCUT2D eigenvalue weighted by atomic mass is 10.2. The summed E-state index contributed by atoms with van der Waals surface area (Å²) >= 11 is 0. The number of nitrogens with two attached hydrogens (primary N) is 1. The monoisotopic (exact) mass is 292 g/mol. The molecule has 2 aromatic rings. The number of hydrogen-bond donors (Lipinski definition) is 3. The highest BCUT2D eigenvalue weighted by Crippen LogP contribution is 2.15. The van der Waals surface area contributed by atoms with Crippen molar-refractivity contribution in [1.82, 2.24) is 0 Å². The van der Waals surface area contributed by atoms with E-state index in [4.69, 9.17) is 10.3 Å². The van der Waals surface area contributed by atoms with Crippen LogP contribution in [0.2, 0.25) is 0 Å². The van der Waals surface area contributed by atoms with Crippen LogP contribution >= 0.6 is 0 Å². The molecule has 0 radical (unpaired) electrons. The second-order valence-electron chi connectivity index (χ2n) is 4.08. The van der Waals surface area contributed by atoms with Crippen molar-refractivity contribution < 1.29 is 17.8 Å². The van der Waals surface area contributed by atoms with Gasteiger partial charge in [0.15, 0.2) is 0 Å². The average molecular weight is 292 g/mol. The number of carbonyl (C=O) groups excluding carboxylic acids is 1. The number of nitrogens with one attached hydrogen (secondary N) is 1. The Hall–Kier alpha value is -2.38. The predicted octanol–water partition coefficient (Wildman–Crippen LogP) is 1.77. The molecule has 6 nitrogen and oxygen atoms in total. The molecule has 0 aliphatic heterocycles. The zero-order valence-electron chi connectivity index (χ0n) is 10.3. The molecule has 0 unspecified atom stereocenters. The maximum atomic E-state index is 11.9. The van der Waals surface area contributed by atoms with Gasteiger partial charge in [-0.2, -0.15) is 8.42 Å². The molecule has 1 amide bonds. The topological polar surface area (TPSA) is 109 Å². The Labute approximate surface area is 116 Å². The largest absolute Gasteiger partial charge is 0.399 e. The first-order chi connectivity index (χ1) is 9.36. The molecule has 0 fully saturated rings. The fourth-order valence-corrected chi connectivity index (χ4v) is 2.03. The maximum Gasteiger partial charge on any atom is 0.294 e. The molecule has 7 heteroatoms. The highest BCUT2D eigenvalue weighted by atomic mass is 32.2. The molecular weight excluding hydrogens is 280 g/mol. The molecule has 104 valence electrons. The Morgan fingerprint density at radius 3 is 2.05 bits per heavy atom. The number of nitrogen functional groups attached to an aromatic ring is 1. The van der Waals surface area contributed by atoms with E-state index in [1.54, 1.807) is 24.3 Å². The van der Waals surface area contributed by atoms with Crippen LogP contribution in [0.4, 0.5) is 11.4 Å². The van der Waals surface area contributed by atoms with Gasteiger partial charge in [0.1, 0.15) is 0 Å². The number of rotatable bonds is 3. The van der Waals surface area contributed by atoms with Gasteiger partial charge in [-0.05, 0) is 48.5 Å². The summed E-state index contributed by atoms with van der Waals surface area (Å²) in [6, 6.07) is 11.6. The number of anilines is 2. The van der Waals surface area contributed by atoms with E-state index in [1.807, 2.05) is 0 Å². The highest BCUT2D eigenvalue weighted by Gasteiger charge is 2.10. The standard InChI is InChI=1S/C13H12N2O4S/c14-10-3-1-9(2-4-10)13(16)15-11-5-7-12(8-6-11)20(17,18)19/h1-8H,14H2,(H,15,16)(H,17,18,19). The van der Waals surface area contributed by atoms with Crippen molar-refractivity contribution in [2.75, 3.05) is 11.1 Å². The minimum atomic E-state index is -4.23. The second-order valence-corrected chi connectivity index (χ2v) is 5.50. The Morgan fingerprint density at radius 2 is 1.55 bits per heavy atom. The van der Waals surface area contributed by atoms with E-state index in [1.165, 1.54) is 24.3 Å². The van der Waals surface area contributed by atoms with E-state index in [9.17, 15) is 13.2 Å². The first-order valence-corrected chi connectivity index (χ1v) is 7.05. The molecule has 0 heterocycles. The van der Waals surface area contributed by atoms with E-state index < -0.39 is 10.1 Å². The Balaban J connectivity index is 2.14. The Morgan fingerprint density at radius 1 is 1.00 bits per heavy atom. The van der Waals surface area contributed by atoms with Gasteiger partial charge in [-0.25, -0.2) is 0 Å². The van der Waals surface area contributed by atoms with Crippen LogP contribution in [0.15, 0.2) is 53.4 Å². The van der Waals surface area contributed by atoms with Gasteiger partial charge in [-0.3, -0.25) is 9.35 Å². The molecule has 0 aliphatic rings. The SMILES string of the molecule is Nc1ccc(C(=O)Nc2ccc(S(=O)(=O)O)cc2)cc1. The van der Waals surface area contributed by atoms with Crippen LogP contribution in [0.25, 0.3) is 0 Å². The average Bonchev–Trinajstić information content (AvgIpc) is 2.39. The normalized spacial score (nSPS) is 11.1. The van der Waals surface area contributed by atoms with Crippen LogP contribution in [-0.4, -0.2) is 18.9 Å². The van der Waals surface area contributed by atoms with Gasteiger partial charge in [0.25, 0.3) is 16.0 Å². The van der Waals surface area contributed by atoms with Crippen molar-refractivity contribution in [2.45, 2.75) is 4.90 Å². The van der Waals surface area contributed by atoms with Crippen LogP contribution in [0, 0.1) is 0 Å². The lowest BCUT2D eigenvalue weighted by Gasteiger charge is -2.06. The van der Waals surface area contributed by atoms with Crippen LogP contribution in [0.3, 0.4) is 0 Å². The molecule has 0 saturated heterocycles. The van der Waals surface area contributed by atoms with Crippen molar-refractivity contribution in [2.24, 2.45) is 0 Å². The van der Waals surface area contributed by atoms with Gasteiger partial charge in [0, 0.05) is 16.9 Å². The van der Waals surface area contributed by atoms with Crippen molar-refractivity contribution in [1.29, 1.82) is 0 Å². The summed E-state index contributed by atoms with van der Waals surface area (Å²) in [6.45, 7) is 0. The molecule has 0 spiro atoms. The van der Waals surface area contributed by atoms with Crippen LogP contribution < -0.4 is 11.1 Å². The van der Waals surface area contributed by atoms with E-state index in [-0.39, 0.29) is 10.8 Å². The molecule has 0 aliphatic carbocycles. The summed E-state index contributed by atoms with van der Waals surface area (Å²) in [4.78, 5) is 11.7. The summed E-state index contributed by atoms with van der Waals surface area (Å²) in [5, 5.41) is 2.60. The quantitative estimate of drug-likeness (QED) is 0.590. The number of benzene rings is 2. The molecule has 2 rings (SSSR count). The summed E-state index contributed by atoms with van der Waals surface area (Å²) in [6.07, 6.45) is 0. The van der Waals surface area contributed by atoms with Gasteiger partial charge in [0.2, 0.25) is 0 Å². The molecule has 0 atom stereocenters. The predicted molar refractivity (Wildman–Crippen MR) is 75.1 cm³/mol. The lowest BCUT2D eigenvalue weighted by Crippen LogP contribution is -2.12. The van der Waals surface area contributed by atoms with Gasteiger partial charge < -0.3 is 11.1 Å². The smallest absolute Gasteiger partial charge is 0.294 e. The fourth-order valence-electron chi connectivity index (χ4n) is 1.55. The van der Waals surface area contributed by atoms with E-state index >= 15 is 0 Å². The summed E-state index contributed by atoms with van der Waals surface area (Å²) in [7, 11) is -4.23. The molecule has 0 bridgehead atoms. The molecule has 0 aromatic heterocycles. The van der Waals surface area contributed by atoms with Crippen molar-refractivity contribution in [3.63, 3.8) is 0 Å². The van der Waals surface area contributed by atoms with Gasteiger partial charge in [-0.1, -0.05) is 0 Å². The number of carbonyl (C=O) groups is 1. The summed E-state index contributed by atoms with van der Waals surface area (Å²) < 4.78 is 30.6. The first kappa shape index (κ1) is 14.0. The van der Waals surface area contributed by atoms with Crippen LogP contribution in [0.5, 0.6) is 0 Å². The first-order valence-electron chi connectivity index (χ1n) is 5.61. The zero-order chi connectivity index (χ0) is 14.8. The van der Waals surface area contributed by atoms with Crippen LogP contribution in [0.1, 0.15) is 10.4 Å². The van der Waals surface area contributed by atoms with E-state index in [2.05, 4.69) is 5.32 Å². The number of amides is 1. The third-order valence-electron chi connectivity index (χ3n) is 2.58. The molecule has 4 N–H and O–H groups in total. The van der Waals surface area contributed by atoms with Crippen molar-refractivity contribution >= 4 is 27.4 Å². The van der Waals surface area contributed by atoms with Gasteiger partial charge >= 0.3 is 0 Å². The fraction of sp³-hybridized carbons (Fsp3) is 0.